The number of aromatic amines is 1. The van der Waals surface area contributed by atoms with Crippen LogP contribution < -0.4 is 21.5 Å². The van der Waals surface area contributed by atoms with Gasteiger partial charge in [0.1, 0.15) is 11.5 Å². The van der Waals surface area contributed by atoms with E-state index in [9.17, 15) is 9.59 Å². The van der Waals surface area contributed by atoms with Gasteiger partial charge in [0, 0.05) is 48.3 Å². The summed E-state index contributed by atoms with van der Waals surface area (Å²) >= 11 is 0. The minimum Gasteiger partial charge on any atom is -0.384 e. The third-order valence-corrected chi connectivity index (χ3v) is 6.77. The second kappa shape index (κ2) is 9.69. The summed E-state index contributed by atoms with van der Waals surface area (Å²) in [5.74, 6) is 0.0635. The number of benzene rings is 1. The zero-order valence-electron chi connectivity index (χ0n) is 19.2. The topological polar surface area (TPSA) is 107 Å². The third kappa shape index (κ3) is 4.82. The van der Waals surface area contributed by atoms with Gasteiger partial charge in [-0.05, 0) is 86.8 Å². The van der Waals surface area contributed by atoms with E-state index in [0.29, 0.717) is 17.4 Å². The molecule has 0 spiro atoms. The molecule has 2 fully saturated rings. The van der Waals surface area contributed by atoms with E-state index >= 15 is 0 Å². The van der Waals surface area contributed by atoms with Crippen molar-refractivity contribution in [3.63, 3.8) is 0 Å². The van der Waals surface area contributed by atoms with Crippen molar-refractivity contribution < 1.29 is 4.79 Å². The summed E-state index contributed by atoms with van der Waals surface area (Å²) in [6.45, 7) is 4.58. The van der Waals surface area contributed by atoms with Crippen molar-refractivity contribution in [3.8, 4) is 11.1 Å². The molecule has 2 saturated heterocycles. The first kappa shape index (κ1) is 22.2. The molecule has 176 valence electrons. The van der Waals surface area contributed by atoms with Crippen LogP contribution in [-0.4, -0.2) is 53.0 Å². The Labute approximate surface area is 198 Å². The van der Waals surface area contributed by atoms with Gasteiger partial charge in [0.15, 0.2) is 0 Å². The standard InChI is InChI=1S/C26H30N6O2/c27-24-15-19(9-10-28-24)20-14-23(26(34)29-16-20)30-25(33)18-5-7-21(8-6-18)32-13-3-4-22(32)17-31-11-1-2-12-31/h5-10,14-16,22H,1-4,11-13,17H2,(H2,27,28)(H,29,34)(H,30,33)/t22-/m0/s1. The Morgan fingerprint density at radius 3 is 2.62 bits per heavy atom. The zero-order chi connectivity index (χ0) is 23.5. The molecule has 4 heterocycles. The molecule has 2 aliphatic rings. The number of pyridine rings is 2. The van der Waals surface area contributed by atoms with E-state index in [1.807, 2.05) is 24.3 Å². The van der Waals surface area contributed by atoms with Crippen LogP contribution in [0.25, 0.3) is 11.1 Å². The van der Waals surface area contributed by atoms with E-state index in [4.69, 9.17) is 5.73 Å². The molecule has 34 heavy (non-hydrogen) atoms. The number of H-pyrrole nitrogens is 1. The molecule has 2 aliphatic heterocycles. The Kier molecular flexibility index (Phi) is 6.31. The van der Waals surface area contributed by atoms with Crippen molar-refractivity contribution in [2.45, 2.75) is 31.7 Å². The van der Waals surface area contributed by atoms with Crippen molar-refractivity contribution in [2.75, 3.05) is 42.1 Å². The first-order chi connectivity index (χ1) is 16.6. The number of likely N-dealkylation sites (tertiary alicyclic amines) is 1. The van der Waals surface area contributed by atoms with Gasteiger partial charge in [0.25, 0.3) is 11.5 Å². The fraction of sp³-hybridized carbons (Fsp3) is 0.346. The Morgan fingerprint density at radius 1 is 1.06 bits per heavy atom. The summed E-state index contributed by atoms with van der Waals surface area (Å²) in [5, 5.41) is 2.75. The molecule has 0 bridgehead atoms. The highest BCUT2D eigenvalue weighted by molar-refractivity contribution is 6.04. The summed E-state index contributed by atoms with van der Waals surface area (Å²) in [5.41, 5.74) is 8.79. The van der Waals surface area contributed by atoms with Gasteiger partial charge in [0.2, 0.25) is 0 Å². The van der Waals surface area contributed by atoms with Gasteiger partial charge in [0.05, 0.1) is 0 Å². The fourth-order valence-electron chi connectivity index (χ4n) is 5.00. The quantitative estimate of drug-likeness (QED) is 0.523. The van der Waals surface area contributed by atoms with Gasteiger partial charge in [-0.3, -0.25) is 9.59 Å². The van der Waals surface area contributed by atoms with Crippen LogP contribution in [0, 0.1) is 0 Å². The summed E-state index contributed by atoms with van der Waals surface area (Å²) in [4.78, 5) is 36.9. The van der Waals surface area contributed by atoms with Gasteiger partial charge < -0.3 is 25.8 Å². The highest BCUT2D eigenvalue weighted by Crippen LogP contribution is 2.27. The monoisotopic (exact) mass is 458 g/mol. The lowest BCUT2D eigenvalue weighted by Gasteiger charge is -2.30. The average Bonchev–Trinajstić information content (AvgIpc) is 3.53. The number of aromatic nitrogens is 2. The molecule has 4 N–H and O–H groups in total. The van der Waals surface area contributed by atoms with Crippen molar-refractivity contribution in [1.29, 1.82) is 0 Å². The van der Waals surface area contributed by atoms with Crippen LogP contribution in [0.5, 0.6) is 0 Å². The number of carbonyl (C=O) groups is 1. The maximum Gasteiger partial charge on any atom is 0.271 e. The number of hydrogen-bond acceptors (Lipinski definition) is 6. The lowest BCUT2D eigenvalue weighted by atomic mass is 10.1. The third-order valence-electron chi connectivity index (χ3n) is 6.77. The van der Waals surface area contributed by atoms with E-state index in [-0.39, 0.29) is 17.2 Å². The molecule has 0 saturated carbocycles. The number of nitrogen functional groups attached to an aromatic ring is 1. The zero-order valence-corrected chi connectivity index (χ0v) is 19.2. The van der Waals surface area contributed by atoms with Crippen molar-refractivity contribution >= 4 is 23.1 Å². The molecule has 0 unspecified atom stereocenters. The Bertz CT molecular complexity index is 1220. The summed E-state index contributed by atoms with van der Waals surface area (Å²) in [6, 6.07) is 13.4. The molecule has 8 heteroatoms. The van der Waals surface area contributed by atoms with Gasteiger partial charge in [-0.25, -0.2) is 4.98 Å². The maximum atomic E-state index is 12.9. The Hall–Kier alpha value is -3.65. The normalized spacial score (nSPS) is 18.4. The number of rotatable bonds is 6. The molecule has 8 nitrogen and oxygen atoms in total. The first-order valence-electron chi connectivity index (χ1n) is 11.9. The van der Waals surface area contributed by atoms with E-state index in [0.717, 1.165) is 29.9 Å². The van der Waals surface area contributed by atoms with Crippen LogP contribution in [0.1, 0.15) is 36.0 Å². The number of nitrogens with zero attached hydrogens (tertiary/aromatic N) is 3. The van der Waals surface area contributed by atoms with E-state index < -0.39 is 0 Å². The number of amides is 1. The second-order valence-electron chi connectivity index (χ2n) is 9.10. The van der Waals surface area contributed by atoms with Crippen molar-refractivity contribution in [1.82, 2.24) is 14.9 Å². The fourth-order valence-corrected chi connectivity index (χ4v) is 5.00. The van der Waals surface area contributed by atoms with Crippen LogP contribution in [-0.2, 0) is 0 Å². The van der Waals surface area contributed by atoms with Crippen LogP contribution in [0.2, 0.25) is 0 Å². The Balaban J connectivity index is 1.28. The lowest BCUT2D eigenvalue weighted by molar-refractivity contribution is 0.102. The predicted octanol–water partition coefficient (Wildman–Crippen LogP) is 3.34. The maximum absolute atomic E-state index is 12.9. The molecule has 1 atom stereocenters. The number of carbonyl (C=O) groups excluding carboxylic acids is 1. The molecular weight excluding hydrogens is 428 g/mol. The average molecular weight is 459 g/mol. The number of nitrogens with two attached hydrogens (primary N) is 1. The molecule has 1 aromatic carbocycles. The smallest absolute Gasteiger partial charge is 0.271 e. The van der Waals surface area contributed by atoms with Crippen LogP contribution >= 0.6 is 0 Å². The van der Waals surface area contributed by atoms with E-state index in [1.54, 1.807) is 30.6 Å². The molecular formula is C26H30N6O2. The number of anilines is 3. The molecule has 1 amide bonds. The summed E-state index contributed by atoms with van der Waals surface area (Å²) in [7, 11) is 0. The minimum atomic E-state index is -0.363. The van der Waals surface area contributed by atoms with Crippen molar-refractivity contribution in [3.05, 3.63) is 70.8 Å². The van der Waals surface area contributed by atoms with Crippen LogP contribution in [0.15, 0.2) is 59.7 Å². The lowest BCUT2D eigenvalue weighted by Crippen LogP contribution is -2.39. The first-order valence-corrected chi connectivity index (χ1v) is 11.9. The van der Waals surface area contributed by atoms with Crippen LogP contribution in [0.3, 0.4) is 0 Å². The summed E-state index contributed by atoms with van der Waals surface area (Å²) < 4.78 is 0. The molecule has 0 aliphatic carbocycles. The van der Waals surface area contributed by atoms with Gasteiger partial charge in [-0.15, -0.1) is 0 Å². The molecule has 2 aromatic heterocycles. The van der Waals surface area contributed by atoms with Crippen LogP contribution in [0.4, 0.5) is 17.2 Å². The summed E-state index contributed by atoms with van der Waals surface area (Å²) in [6.07, 6.45) is 8.21. The van der Waals surface area contributed by atoms with E-state index in [2.05, 4.69) is 25.1 Å². The Morgan fingerprint density at radius 2 is 1.85 bits per heavy atom. The highest BCUT2D eigenvalue weighted by atomic mass is 16.2. The van der Waals surface area contributed by atoms with E-state index in [1.165, 1.54) is 38.8 Å². The predicted molar refractivity (Wildman–Crippen MR) is 135 cm³/mol. The SMILES string of the molecule is Nc1cc(-c2c[nH]c(=O)c(NC(=O)c3ccc(N4CCC[C@H]4CN4CCCC4)cc3)c2)ccn1. The minimum absolute atomic E-state index is 0.187. The highest BCUT2D eigenvalue weighted by Gasteiger charge is 2.27. The number of nitrogens with one attached hydrogen (secondary N) is 2. The van der Waals surface area contributed by atoms with Gasteiger partial charge >= 0.3 is 0 Å². The number of hydrogen-bond donors (Lipinski definition) is 3. The van der Waals surface area contributed by atoms with Crippen molar-refractivity contribution in [2.24, 2.45) is 0 Å². The molecule has 3 aromatic rings. The molecule has 0 radical (unpaired) electrons. The second-order valence-corrected chi connectivity index (χ2v) is 9.10. The van der Waals surface area contributed by atoms with Gasteiger partial charge in [-0.2, -0.15) is 0 Å². The van der Waals surface area contributed by atoms with Gasteiger partial charge in [-0.1, -0.05) is 0 Å². The largest absolute Gasteiger partial charge is 0.384 e. The molecule has 5 rings (SSSR count).